The van der Waals surface area contributed by atoms with E-state index in [-0.39, 0.29) is 11.2 Å². The number of aliphatic imine (C=N–C) groups is 1. The quantitative estimate of drug-likeness (QED) is 0.395. The third-order valence-electron chi connectivity index (χ3n) is 4.87. The molecule has 1 amide bonds. The summed E-state index contributed by atoms with van der Waals surface area (Å²) in [4.78, 5) is 29.3. The van der Waals surface area contributed by atoms with E-state index >= 15 is 0 Å². The average Bonchev–Trinajstić information content (AvgIpc) is 2.78. The number of carbonyl (C=O) groups excluding carboxylic acids is 1. The summed E-state index contributed by atoms with van der Waals surface area (Å²) < 4.78 is 10.5. The van der Waals surface area contributed by atoms with Crippen LogP contribution < -0.4 is 15.4 Å². The van der Waals surface area contributed by atoms with Gasteiger partial charge in [-0.1, -0.05) is 12.1 Å². The monoisotopic (exact) mass is 471 g/mol. The first-order chi connectivity index (χ1) is 15.9. The molecular formula is C22H29N7O3S. The van der Waals surface area contributed by atoms with E-state index in [4.69, 9.17) is 21.7 Å². The number of methoxy groups -OCH3 is 1. The molecule has 33 heavy (non-hydrogen) atoms. The van der Waals surface area contributed by atoms with Crippen molar-refractivity contribution in [2.24, 2.45) is 4.99 Å². The second kappa shape index (κ2) is 11.4. The van der Waals surface area contributed by atoms with Crippen LogP contribution in [-0.2, 0) is 4.74 Å². The van der Waals surface area contributed by atoms with Crippen molar-refractivity contribution in [2.75, 3.05) is 50.5 Å². The number of aryl methyl sites for hydroxylation is 2. The van der Waals surface area contributed by atoms with Crippen molar-refractivity contribution < 1.29 is 14.3 Å². The zero-order valence-corrected chi connectivity index (χ0v) is 20.1. The van der Waals surface area contributed by atoms with E-state index in [0.29, 0.717) is 56.1 Å². The highest BCUT2D eigenvalue weighted by molar-refractivity contribution is 7.80. The Morgan fingerprint density at radius 1 is 1.09 bits per heavy atom. The molecular weight excluding hydrogens is 442 g/mol. The molecule has 0 saturated carbocycles. The second-order valence-electron chi connectivity index (χ2n) is 7.34. The Morgan fingerprint density at radius 3 is 2.36 bits per heavy atom. The molecule has 2 aromatic rings. The van der Waals surface area contributed by atoms with Gasteiger partial charge in [0.15, 0.2) is 0 Å². The molecule has 0 bridgehead atoms. The number of nitrogens with one attached hydrogen (secondary N) is 2. The highest BCUT2D eigenvalue weighted by atomic mass is 32.1. The second-order valence-corrected chi connectivity index (χ2v) is 7.72. The van der Waals surface area contributed by atoms with E-state index in [9.17, 15) is 4.79 Å². The van der Waals surface area contributed by atoms with E-state index < -0.39 is 0 Å². The standard InChI is InChI=1S/C22H29N7O3S/c1-5-32-22(30)29-12-10-28(11-13-29)20(26-19-23-15(2)14-16(3)24-19)27-21(33)25-17-8-6-7-9-18(17)31-4/h6-9,14H,5,10-13H2,1-4H3,(H2,23,24,25,26,27,33). The number of benzene rings is 1. The molecule has 1 saturated heterocycles. The zero-order chi connectivity index (χ0) is 23.8. The van der Waals surface area contributed by atoms with Crippen LogP contribution in [0.15, 0.2) is 35.3 Å². The first-order valence-electron chi connectivity index (χ1n) is 10.7. The van der Waals surface area contributed by atoms with Crippen molar-refractivity contribution in [3.8, 4) is 5.75 Å². The van der Waals surface area contributed by atoms with Crippen LogP contribution in [0.4, 0.5) is 16.4 Å². The van der Waals surface area contributed by atoms with Crippen LogP contribution in [0.5, 0.6) is 5.75 Å². The molecule has 1 aromatic heterocycles. The molecule has 1 aliphatic rings. The van der Waals surface area contributed by atoms with E-state index in [2.05, 4.69) is 25.6 Å². The van der Waals surface area contributed by atoms with Crippen molar-refractivity contribution in [3.05, 3.63) is 41.7 Å². The fourth-order valence-electron chi connectivity index (χ4n) is 3.36. The van der Waals surface area contributed by atoms with Crippen LogP contribution in [0.2, 0.25) is 0 Å². The summed E-state index contributed by atoms with van der Waals surface area (Å²) in [7, 11) is 1.60. The average molecular weight is 472 g/mol. The van der Waals surface area contributed by atoms with Crippen molar-refractivity contribution >= 4 is 41.0 Å². The number of hydrogen-bond donors (Lipinski definition) is 2. The number of ether oxygens (including phenoxy) is 2. The maximum atomic E-state index is 12.1. The van der Waals surface area contributed by atoms with Gasteiger partial charge in [0.05, 0.1) is 19.4 Å². The number of hydrogen-bond acceptors (Lipinski definition) is 6. The summed E-state index contributed by atoms with van der Waals surface area (Å²) >= 11 is 5.51. The molecule has 2 N–H and O–H groups in total. The molecule has 2 heterocycles. The van der Waals surface area contributed by atoms with Crippen LogP contribution in [0, 0.1) is 13.8 Å². The number of nitrogens with zero attached hydrogens (tertiary/aromatic N) is 5. The summed E-state index contributed by atoms with van der Waals surface area (Å²) in [6.45, 7) is 8.05. The predicted octanol–water partition coefficient (Wildman–Crippen LogP) is 3.04. The largest absolute Gasteiger partial charge is 0.495 e. The van der Waals surface area contributed by atoms with Gasteiger partial charge in [-0.25, -0.2) is 14.8 Å². The van der Waals surface area contributed by atoms with Gasteiger partial charge in [-0.15, -0.1) is 0 Å². The minimum Gasteiger partial charge on any atom is -0.495 e. The van der Waals surface area contributed by atoms with E-state index in [1.165, 1.54) is 0 Å². The van der Waals surface area contributed by atoms with Crippen LogP contribution in [0.3, 0.4) is 0 Å². The van der Waals surface area contributed by atoms with Gasteiger partial charge >= 0.3 is 6.09 Å². The summed E-state index contributed by atoms with van der Waals surface area (Å²) in [5, 5.41) is 6.56. The topological polar surface area (TPSA) is 104 Å². The maximum absolute atomic E-state index is 12.1. The summed E-state index contributed by atoms with van der Waals surface area (Å²) in [6, 6.07) is 9.36. The first-order valence-corrected chi connectivity index (χ1v) is 11.1. The number of amides is 1. The van der Waals surface area contributed by atoms with Crippen LogP contribution in [-0.4, -0.2) is 76.8 Å². The number of rotatable bonds is 4. The van der Waals surface area contributed by atoms with Gasteiger partial charge in [0.25, 0.3) is 0 Å². The number of anilines is 2. The first kappa shape index (κ1) is 24.2. The summed E-state index contributed by atoms with van der Waals surface area (Å²) in [6.07, 6.45) is -0.311. The molecule has 0 radical (unpaired) electrons. The Labute approximate surface area is 199 Å². The molecule has 0 unspecified atom stereocenters. The van der Waals surface area contributed by atoms with E-state index in [0.717, 1.165) is 11.4 Å². The van der Waals surface area contributed by atoms with Gasteiger partial charge in [-0.2, -0.15) is 4.99 Å². The van der Waals surface area contributed by atoms with E-state index in [1.807, 2.05) is 49.1 Å². The molecule has 11 heteroatoms. The number of aromatic nitrogens is 2. The lowest BCUT2D eigenvalue weighted by Gasteiger charge is -2.35. The van der Waals surface area contributed by atoms with Crippen LogP contribution in [0.25, 0.3) is 0 Å². The summed E-state index contributed by atoms with van der Waals surface area (Å²) in [5.41, 5.74) is 2.39. The third-order valence-corrected chi connectivity index (χ3v) is 5.06. The smallest absolute Gasteiger partial charge is 0.409 e. The molecule has 10 nitrogen and oxygen atoms in total. The van der Waals surface area contributed by atoms with Crippen molar-refractivity contribution in [1.82, 2.24) is 19.8 Å². The predicted molar refractivity (Wildman–Crippen MR) is 132 cm³/mol. The minimum atomic E-state index is -0.311. The highest BCUT2D eigenvalue weighted by Gasteiger charge is 2.25. The molecule has 1 aliphatic heterocycles. The van der Waals surface area contributed by atoms with E-state index in [1.54, 1.807) is 18.9 Å². The fourth-order valence-corrected chi connectivity index (χ4v) is 3.56. The number of thiocarbonyl (C=S) groups is 1. The fraction of sp³-hybridized carbons (Fsp3) is 0.409. The molecule has 1 fully saturated rings. The Bertz CT molecular complexity index is 1000. The van der Waals surface area contributed by atoms with Crippen LogP contribution >= 0.6 is 12.2 Å². The summed E-state index contributed by atoms with van der Waals surface area (Å²) in [5.74, 6) is 1.58. The normalized spacial score (nSPS) is 14.0. The SMILES string of the molecule is CCOC(=O)N1CCN(/C(=N\C(=S)Nc2ccccc2OC)Nc2nc(C)cc(C)n2)CC1. The minimum absolute atomic E-state index is 0.249. The van der Waals surface area contributed by atoms with Gasteiger partial charge in [0, 0.05) is 37.6 Å². The highest BCUT2D eigenvalue weighted by Crippen LogP contribution is 2.23. The van der Waals surface area contributed by atoms with Gasteiger partial charge in [0.1, 0.15) is 5.75 Å². The molecule has 0 aliphatic carbocycles. The maximum Gasteiger partial charge on any atom is 0.409 e. The lowest BCUT2D eigenvalue weighted by atomic mass is 10.3. The number of guanidine groups is 1. The van der Waals surface area contributed by atoms with Gasteiger partial charge in [-0.3, -0.25) is 5.32 Å². The van der Waals surface area contributed by atoms with Crippen LogP contribution in [0.1, 0.15) is 18.3 Å². The zero-order valence-electron chi connectivity index (χ0n) is 19.3. The molecule has 0 atom stereocenters. The molecule has 1 aromatic carbocycles. The third kappa shape index (κ3) is 6.75. The van der Waals surface area contributed by atoms with Gasteiger partial charge < -0.3 is 24.6 Å². The molecule has 176 valence electrons. The Morgan fingerprint density at radius 2 is 1.73 bits per heavy atom. The van der Waals surface area contributed by atoms with Gasteiger partial charge in [-0.05, 0) is 51.2 Å². The Balaban J connectivity index is 1.80. The number of carbonyl (C=O) groups is 1. The van der Waals surface area contributed by atoms with Gasteiger partial charge in [0.2, 0.25) is 17.0 Å². The molecule has 0 spiro atoms. The van der Waals surface area contributed by atoms with Crippen molar-refractivity contribution in [3.63, 3.8) is 0 Å². The molecule has 3 rings (SSSR count). The van der Waals surface area contributed by atoms with Crippen molar-refractivity contribution in [1.29, 1.82) is 0 Å². The van der Waals surface area contributed by atoms with Crippen molar-refractivity contribution in [2.45, 2.75) is 20.8 Å². The number of para-hydroxylation sites is 2. The number of piperazine rings is 1. The lowest BCUT2D eigenvalue weighted by molar-refractivity contribution is 0.0920. The Kier molecular flexibility index (Phi) is 8.36. The lowest BCUT2D eigenvalue weighted by Crippen LogP contribution is -2.52. The Hall–Kier alpha value is -3.47.